The Morgan fingerprint density at radius 1 is 1.06 bits per heavy atom. The molecule has 0 aliphatic rings. The summed E-state index contributed by atoms with van der Waals surface area (Å²) >= 11 is 7.32. The van der Waals surface area contributed by atoms with Gasteiger partial charge in [-0.05, 0) is 55.0 Å². The van der Waals surface area contributed by atoms with E-state index in [-0.39, 0.29) is 11.2 Å². The van der Waals surface area contributed by atoms with Gasteiger partial charge in [-0.1, -0.05) is 60.6 Å². The highest BCUT2D eigenvalue weighted by molar-refractivity contribution is 8.00. The molecule has 0 saturated heterocycles. The van der Waals surface area contributed by atoms with Crippen LogP contribution in [0.2, 0.25) is 5.02 Å². The molecule has 32 heavy (non-hydrogen) atoms. The van der Waals surface area contributed by atoms with Crippen LogP contribution < -0.4 is 11.1 Å². The third-order valence-corrected chi connectivity index (χ3v) is 6.37. The fraction of sp³-hybridized carbons (Fsp3) is 0.125. The first-order valence-electron chi connectivity index (χ1n) is 10.1. The number of nitrogens with one attached hydrogen (secondary N) is 1. The second-order valence-electron chi connectivity index (χ2n) is 7.11. The number of nitrogens with zero attached hydrogens (tertiary/aromatic N) is 3. The second kappa shape index (κ2) is 9.89. The lowest BCUT2D eigenvalue weighted by atomic mass is 10.2. The van der Waals surface area contributed by atoms with Crippen LogP contribution in [0.3, 0.4) is 0 Å². The SMILES string of the molecule is CCC(Sc1nnc(-c2cccc(N)c2)n1-c1ccccc1)C(=O)Nc1ccc(Cl)cc1. The number of anilines is 2. The Bertz CT molecular complexity index is 1210. The number of amides is 1. The Labute approximate surface area is 195 Å². The van der Waals surface area contributed by atoms with E-state index in [0.29, 0.717) is 33.8 Å². The van der Waals surface area contributed by atoms with E-state index in [1.165, 1.54) is 11.8 Å². The molecule has 0 aliphatic heterocycles. The normalized spacial score (nSPS) is 11.8. The number of hydrogen-bond acceptors (Lipinski definition) is 5. The van der Waals surface area contributed by atoms with Gasteiger partial charge >= 0.3 is 0 Å². The van der Waals surface area contributed by atoms with Crippen LogP contribution in [-0.2, 0) is 4.79 Å². The average Bonchev–Trinajstić information content (AvgIpc) is 3.23. The van der Waals surface area contributed by atoms with Gasteiger partial charge in [-0.3, -0.25) is 9.36 Å². The molecule has 3 N–H and O–H groups in total. The molecule has 4 aromatic rings. The van der Waals surface area contributed by atoms with E-state index < -0.39 is 0 Å². The maximum absolute atomic E-state index is 13.0. The molecule has 0 aliphatic carbocycles. The Morgan fingerprint density at radius 3 is 2.50 bits per heavy atom. The number of thioether (sulfide) groups is 1. The van der Waals surface area contributed by atoms with E-state index in [4.69, 9.17) is 17.3 Å². The zero-order valence-electron chi connectivity index (χ0n) is 17.4. The predicted molar refractivity (Wildman–Crippen MR) is 131 cm³/mol. The zero-order valence-corrected chi connectivity index (χ0v) is 19.0. The highest BCUT2D eigenvalue weighted by atomic mass is 35.5. The highest BCUT2D eigenvalue weighted by Crippen LogP contribution is 2.32. The van der Waals surface area contributed by atoms with Gasteiger partial charge in [-0.2, -0.15) is 0 Å². The molecule has 0 bridgehead atoms. The van der Waals surface area contributed by atoms with Crippen LogP contribution in [0.25, 0.3) is 17.1 Å². The topological polar surface area (TPSA) is 85.8 Å². The predicted octanol–water partition coefficient (Wildman–Crippen LogP) is 5.68. The van der Waals surface area contributed by atoms with Crippen LogP contribution in [0.15, 0.2) is 84.0 Å². The Kier molecular flexibility index (Phi) is 6.78. The van der Waals surface area contributed by atoms with Crippen molar-refractivity contribution in [1.82, 2.24) is 14.8 Å². The van der Waals surface area contributed by atoms with Gasteiger partial charge in [0.1, 0.15) is 0 Å². The number of para-hydroxylation sites is 1. The van der Waals surface area contributed by atoms with Crippen molar-refractivity contribution >= 4 is 40.6 Å². The van der Waals surface area contributed by atoms with Crippen LogP contribution in [-0.4, -0.2) is 25.9 Å². The lowest BCUT2D eigenvalue weighted by Crippen LogP contribution is -2.25. The second-order valence-corrected chi connectivity index (χ2v) is 8.72. The number of carbonyl (C=O) groups is 1. The monoisotopic (exact) mass is 463 g/mol. The van der Waals surface area contributed by atoms with Gasteiger partial charge in [0, 0.05) is 27.6 Å². The Balaban J connectivity index is 1.66. The van der Waals surface area contributed by atoms with Gasteiger partial charge in [0.05, 0.1) is 5.25 Å². The van der Waals surface area contributed by atoms with E-state index in [9.17, 15) is 4.79 Å². The molecule has 6 nitrogen and oxygen atoms in total. The summed E-state index contributed by atoms with van der Waals surface area (Å²) in [6, 6.07) is 24.4. The van der Waals surface area contributed by atoms with Crippen molar-refractivity contribution in [2.45, 2.75) is 23.8 Å². The number of nitrogens with two attached hydrogens (primary N) is 1. The Morgan fingerprint density at radius 2 is 1.81 bits per heavy atom. The molecule has 0 spiro atoms. The molecule has 0 saturated carbocycles. The van der Waals surface area contributed by atoms with Gasteiger partial charge in [0.25, 0.3) is 0 Å². The average molecular weight is 464 g/mol. The lowest BCUT2D eigenvalue weighted by molar-refractivity contribution is -0.115. The molecule has 0 fully saturated rings. The van der Waals surface area contributed by atoms with Crippen molar-refractivity contribution in [2.75, 3.05) is 11.1 Å². The number of carbonyl (C=O) groups excluding carboxylic acids is 1. The van der Waals surface area contributed by atoms with E-state index in [0.717, 1.165) is 11.3 Å². The van der Waals surface area contributed by atoms with Gasteiger partial charge in [0.2, 0.25) is 5.91 Å². The number of rotatable bonds is 7. The van der Waals surface area contributed by atoms with Gasteiger partial charge < -0.3 is 11.1 Å². The van der Waals surface area contributed by atoms with E-state index in [1.54, 1.807) is 24.3 Å². The van der Waals surface area contributed by atoms with Crippen LogP contribution in [0.1, 0.15) is 13.3 Å². The van der Waals surface area contributed by atoms with Crippen molar-refractivity contribution in [1.29, 1.82) is 0 Å². The van der Waals surface area contributed by atoms with Crippen molar-refractivity contribution in [3.63, 3.8) is 0 Å². The number of nitrogen functional groups attached to an aromatic ring is 1. The smallest absolute Gasteiger partial charge is 0.237 e. The minimum atomic E-state index is -0.356. The first-order chi connectivity index (χ1) is 15.5. The molecular formula is C24H22ClN5OS. The zero-order chi connectivity index (χ0) is 22.5. The molecular weight excluding hydrogens is 442 g/mol. The number of hydrogen-bond donors (Lipinski definition) is 2. The lowest BCUT2D eigenvalue weighted by Gasteiger charge is -2.16. The summed E-state index contributed by atoms with van der Waals surface area (Å²) in [4.78, 5) is 13.0. The van der Waals surface area contributed by atoms with Crippen molar-refractivity contribution in [2.24, 2.45) is 0 Å². The number of halogens is 1. The van der Waals surface area contributed by atoms with Gasteiger partial charge in [0.15, 0.2) is 11.0 Å². The molecule has 162 valence electrons. The summed E-state index contributed by atoms with van der Waals surface area (Å²) in [6.07, 6.45) is 0.624. The molecule has 8 heteroatoms. The van der Waals surface area contributed by atoms with Crippen LogP contribution in [0.5, 0.6) is 0 Å². The maximum Gasteiger partial charge on any atom is 0.237 e. The quantitative estimate of drug-likeness (QED) is 0.272. The van der Waals surface area contributed by atoms with Crippen molar-refractivity contribution in [3.8, 4) is 17.1 Å². The van der Waals surface area contributed by atoms with Gasteiger partial charge in [-0.15, -0.1) is 10.2 Å². The fourth-order valence-electron chi connectivity index (χ4n) is 3.23. The van der Waals surface area contributed by atoms with Crippen LogP contribution in [0.4, 0.5) is 11.4 Å². The van der Waals surface area contributed by atoms with E-state index >= 15 is 0 Å². The molecule has 4 rings (SSSR count). The maximum atomic E-state index is 13.0. The van der Waals surface area contributed by atoms with Crippen molar-refractivity contribution < 1.29 is 4.79 Å². The summed E-state index contributed by atoms with van der Waals surface area (Å²) in [6.45, 7) is 1.97. The van der Waals surface area contributed by atoms with E-state index in [1.807, 2.05) is 66.1 Å². The fourth-order valence-corrected chi connectivity index (χ4v) is 4.32. The molecule has 1 heterocycles. The van der Waals surface area contributed by atoms with Gasteiger partial charge in [-0.25, -0.2) is 0 Å². The molecule has 1 amide bonds. The molecule has 1 unspecified atom stereocenters. The third-order valence-electron chi connectivity index (χ3n) is 4.82. The van der Waals surface area contributed by atoms with Crippen LogP contribution >= 0.6 is 23.4 Å². The molecule has 1 aromatic heterocycles. The Hall–Kier alpha value is -3.29. The standard InChI is InChI=1S/C24H22ClN5OS/c1-2-21(23(31)27-19-13-11-17(25)12-14-19)32-24-29-28-22(16-7-6-8-18(26)15-16)30(24)20-9-4-3-5-10-20/h3-15,21H,2,26H2,1H3,(H,27,31). The van der Waals surface area contributed by atoms with E-state index in [2.05, 4.69) is 15.5 Å². The minimum Gasteiger partial charge on any atom is -0.399 e. The number of aromatic nitrogens is 3. The molecule has 0 radical (unpaired) electrons. The third kappa shape index (κ3) is 4.95. The first-order valence-corrected chi connectivity index (χ1v) is 11.4. The first kappa shape index (κ1) is 21.9. The minimum absolute atomic E-state index is 0.104. The summed E-state index contributed by atoms with van der Waals surface area (Å²) in [5.74, 6) is 0.562. The van der Waals surface area contributed by atoms with Crippen molar-refractivity contribution in [3.05, 3.63) is 83.9 Å². The molecule has 3 aromatic carbocycles. The largest absolute Gasteiger partial charge is 0.399 e. The summed E-state index contributed by atoms with van der Waals surface area (Å²) in [5, 5.41) is 12.7. The summed E-state index contributed by atoms with van der Waals surface area (Å²) < 4.78 is 1.96. The highest BCUT2D eigenvalue weighted by Gasteiger charge is 2.24. The number of benzene rings is 3. The van der Waals surface area contributed by atoms with Crippen LogP contribution in [0, 0.1) is 0 Å². The summed E-state index contributed by atoms with van der Waals surface area (Å²) in [7, 11) is 0. The summed E-state index contributed by atoms with van der Waals surface area (Å²) in [5.41, 5.74) is 9.10. The molecule has 1 atom stereocenters.